The summed E-state index contributed by atoms with van der Waals surface area (Å²) in [6, 6.07) is 8.49. The number of carbonyl (C=O) groups excluding carboxylic acids is 3. The van der Waals surface area contributed by atoms with E-state index in [-0.39, 0.29) is 23.0 Å². The van der Waals surface area contributed by atoms with Crippen LogP contribution in [-0.4, -0.2) is 57.9 Å². The number of rotatable bonds is 6. The Morgan fingerprint density at radius 3 is 2.65 bits per heavy atom. The maximum atomic E-state index is 13.6. The summed E-state index contributed by atoms with van der Waals surface area (Å²) in [4.78, 5) is 48.3. The summed E-state index contributed by atoms with van der Waals surface area (Å²) in [7, 11) is 0. The zero-order valence-corrected chi connectivity index (χ0v) is 22.9. The Hall–Kier alpha value is -4.45. The van der Waals surface area contributed by atoms with E-state index in [1.54, 1.807) is 57.3 Å². The second-order valence-electron chi connectivity index (χ2n) is 10.6. The summed E-state index contributed by atoms with van der Waals surface area (Å²) in [6.07, 6.45) is 1.97. The molecule has 1 aliphatic rings. The van der Waals surface area contributed by atoms with Gasteiger partial charge in [0, 0.05) is 36.3 Å². The van der Waals surface area contributed by atoms with Gasteiger partial charge in [0.1, 0.15) is 5.60 Å². The zero-order valence-electron chi connectivity index (χ0n) is 22.9. The number of nitrogens with zero attached hydrogens (tertiary/aromatic N) is 3. The van der Waals surface area contributed by atoms with Gasteiger partial charge in [-0.1, -0.05) is 18.2 Å². The van der Waals surface area contributed by atoms with Crippen LogP contribution in [0.3, 0.4) is 0 Å². The van der Waals surface area contributed by atoms with Crippen molar-refractivity contribution in [2.75, 3.05) is 23.3 Å². The van der Waals surface area contributed by atoms with Crippen molar-refractivity contribution in [1.82, 2.24) is 15.3 Å². The first-order valence-corrected chi connectivity index (χ1v) is 13.0. The number of anilines is 2. The average molecular weight is 551 g/mol. The summed E-state index contributed by atoms with van der Waals surface area (Å²) in [6.45, 7) is 8.09. The number of piperidine rings is 1. The van der Waals surface area contributed by atoms with Gasteiger partial charge in [-0.2, -0.15) is 0 Å². The first-order chi connectivity index (χ1) is 18.9. The van der Waals surface area contributed by atoms with E-state index in [1.165, 1.54) is 13.1 Å². The fourth-order valence-electron chi connectivity index (χ4n) is 4.72. The summed E-state index contributed by atoms with van der Waals surface area (Å²) in [5, 5.41) is 16.8. The van der Waals surface area contributed by atoms with Gasteiger partial charge in [0.05, 0.1) is 29.2 Å². The van der Waals surface area contributed by atoms with Gasteiger partial charge in [0.15, 0.2) is 11.4 Å². The second-order valence-corrected chi connectivity index (χ2v) is 10.6. The summed E-state index contributed by atoms with van der Waals surface area (Å²) in [5.74, 6) is -0.901. The predicted molar refractivity (Wildman–Crippen MR) is 149 cm³/mol. The highest BCUT2D eigenvalue weighted by molar-refractivity contribution is 6.08. The van der Waals surface area contributed by atoms with Crippen LogP contribution < -0.4 is 26.0 Å². The van der Waals surface area contributed by atoms with E-state index in [0.717, 1.165) is 12.8 Å². The van der Waals surface area contributed by atoms with Crippen LogP contribution in [-0.2, 0) is 4.74 Å². The largest absolute Gasteiger partial charge is 0.444 e. The molecule has 12 nitrogen and oxygen atoms in total. The standard InChI is InChI=1S/C28H34N6O6/c1-16(35)22-18-9-5-6-10-19(18)32-23(24(22)39-26(29)37)25(36)33-20-14-30-12-11-21(20)34-13-7-8-17(15-34)31-27(38)40-28(2,3)4/h5-6,9-12,14,16-17,35H,7-8,13,15H2,1-4H3,(H2,29,37)(H,31,38)(H,33,36)/t16?,17-/m0/s1. The highest BCUT2D eigenvalue weighted by Crippen LogP contribution is 2.36. The number of ether oxygens (including phenoxy) is 2. The van der Waals surface area contributed by atoms with E-state index in [2.05, 4.69) is 20.6 Å². The van der Waals surface area contributed by atoms with Crippen molar-refractivity contribution in [2.45, 2.75) is 58.3 Å². The van der Waals surface area contributed by atoms with Crippen molar-refractivity contribution in [3.05, 3.63) is 54.0 Å². The number of benzene rings is 1. The number of para-hydroxylation sites is 1. The lowest BCUT2D eigenvalue weighted by Gasteiger charge is -2.35. The molecule has 0 aliphatic carbocycles. The molecule has 5 N–H and O–H groups in total. The number of nitrogens with two attached hydrogens (primary N) is 1. The van der Waals surface area contributed by atoms with Crippen LogP contribution in [0, 0.1) is 0 Å². The van der Waals surface area contributed by atoms with Crippen LogP contribution in [0.15, 0.2) is 42.7 Å². The molecule has 4 rings (SSSR count). The van der Waals surface area contributed by atoms with Crippen LogP contribution in [0.4, 0.5) is 21.0 Å². The fourth-order valence-corrected chi connectivity index (χ4v) is 4.72. The molecule has 1 aliphatic heterocycles. The number of primary amides is 1. The Morgan fingerprint density at radius 1 is 1.20 bits per heavy atom. The number of aromatic nitrogens is 2. The SMILES string of the molecule is CC(O)c1c(OC(N)=O)c(C(=O)Nc2cnccc2N2CCC[C@H](NC(=O)OC(C)(C)C)C2)nc2ccccc12. The van der Waals surface area contributed by atoms with Crippen molar-refractivity contribution in [3.63, 3.8) is 0 Å². The van der Waals surface area contributed by atoms with Gasteiger partial charge in [0.25, 0.3) is 5.91 Å². The quantitative estimate of drug-likeness (QED) is 0.356. The van der Waals surface area contributed by atoms with Gasteiger partial charge in [-0.15, -0.1) is 0 Å². The van der Waals surface area contributed by atoms with Crippen LogP contribution in [0.2, 0.25) is 0 Å². The first-order valence-electron chi connectivity index (χ1n) is 13.0. The van der Waals surface area contributed by atoms with Crippen LogP contribution in [0.25, 0.3) is 10.9 Å². The number of carbonyl (C=O) groups is 3. The molecule has 2 aromatic heterocycles. The minimum absolute atomic E-state index is 0.161. The van der Waals surface area contributed by atoms with E-state index in [1.807, 2.05) is 4.90 Å². The van der Waals surface area contributed by atoms with Crippen molar-refractivity contribution in [1.29, 1.82) is 0 Å². The predicted octanol–water partition coefficient (Wildman–Crippen LogP) is 3.89. The van der Waals surface area contributed by atoms with E-state index in [4.69, 9.17) is 15.2 Å². The molecule has 1 fully saturated rings. The Morgan fingerprint density at radius 2 is 1.95 bits per heavy atom. The number of fused-ring (bicyclic) bond motifs is 1. The number of hydrogen-bond donors (Lipinski definition) is 4. The molecular weight excluding hydrogens is 516 g/mol. The number of aliphatic hydroxyl groups is 1. The number of amides is 3. The van der Waals surface area contributed by atoms with E-state index >= 15 is 0 Å². The maximum Gasteiger partial charge on any atom is 0.410 e. The van der Waals surface area contributed by atoms with E-state index in [0.29, 0.717) is 35.4 Å². The van der Waals surface area contributed by atoms with Gasteiger partial charge < -0.3 is 35.8 Å². The molecule has 0 radical (unpaired) electrons. The maximum absolute atomic E-state index is 13.6. The lowest BCUT2D eigenvalue weighted by atomic mass is 10.0. The highest BCUT2D eigenvalue weighted by atomic mass is 16.6. The van der Waals surface area contributed by atoms with E-state index < -0.39 is 29.8 Å². The average Bonchev–Trinajstić information content (AvgIpc) is 2.87. The van der Waals surface area contributed by atoms with Crippen molar-refractivity contribution in [3.8, 4) is 5.75 Å². The third-order valence-electron chi connectivity index (χ3n) is 6.25. The Bertz CT molecular complexity index is 1420. The molecule has 1 unspecified atom stereocenters. The first kappa shape index (κ1) is 28.6. The minimum atomic E-state index is -1.15. The summed E-state index contributed by atoms with van der Waals surface area (Å²) >= 11 is 0. The van der Waals surface area contributed by atoms with Gasteiger partial charge in [0.2, 0.25) is 0 Å². The number of alkyl carbamates (subject to hydrolysis) is 1. The smallest absolute Gasteiger partial charge is 0.410 e. The Labute approximate surface area is 231 Å². The fraction of sp³-hybridized carbons (Fsp3) is 0.393. The molecule has 1 saturated heterocycles. The second kappa shape index (κ2) is 11.7. The molecular formula is C28H34N6O6. The number of nitrogens with one attached hydrogen (secondary N) is 2. The molecule has 3 heterocycles. The van der Waals surface area contributed by atoms with Crippen LogP contribution in [0.5, 0.6) is 5.75 Å². The highest BCUT2D eigenvalue weighted by Gasteiger charge is 2.28. The summed E-state index contributed by atoms with van der Waals surface area (Å²) in [5.41, 5.74) is 6.21. The monoisotopic (exact) mass is 550 g/mol. The molecule has 2 atom stereocenters. The molecule has 1 aromatic carbocycles. The third-order valence-corrected chi connectivity index (χ3v) is 6.25. The molecule has 212 valence electrons. The van der Waals surface area contributed by atoms with Crippen LogP contribution >= 0.6 is 0 Å². The van der Waals surface area contributed by atoms with E-state index in [9.17, 15) is 19.5 Å². The molecule has 0 spiro atoms. The minimum Gasteiger partial charge on any atom is -0.444 e. The normalized spacial score (nSPS) is 16.2. The van der Waals surface area contributed by atoms with Crippen LogP contribution in [0.1, 0.15) is 62.7 Å². The summed E-state index contributed by atoms with van der Waals surface area (Å²) < 4.78 is 10.6. The van der Waals surface area contributed by atoms with Crippen molar-refractivity contribution >= 4 is 40.4 Å². The van der Waals surface area contributed by atoms with Gasteiger partial charge in [-0.25, -0.2) is 14.6 Å². The molecule has 40 heavy (non-hydrogen) atoms. The van der Waals surface area contributed by atoms with Gasteiger partial charge in [-0.05, 0) is 52.7 Å². The Kier molecular flexibility index (Phi) is 8.38. The molecule has 0 bridgehead atoms. The lowest BCUT2D eigenvalue weighted by Crippen LogP contribution is -2.49. The Balaban J connectivity index is 1.63. The molecule has 3 amide bonds. The third kappa shape index (κ3) is 6.75. The number of aliphatic hydroxyl groups excluding tert-OH is 1. The lowest BCUT2D eigenvalue weighted by molar-refractivity contribution is 0.0499. The number of hydrogen-bond acceptors (Lipinski definition) is 9. The molecule has 0 saturated carbocycles. The molecule has 12 heteroatoms. The van der Waals surface area contributed by atoms with Gasteiger partial charge in [-0.3, -0.25) is 9.78 Å². The molecule has 3 aromatic rings. The topological polar surface area (TPSA) is 169 Å². The zero-order chi connectivity index (χ0) is 29.0. The van der Waals surface area contributed by atoms with Crippen molar-refractivity contribution in [2.24, 2.45) is 5.73 Å². The number of pyridine rings is 2. The van der Waals surface area contributed by atoms with Crippen molar-refractivity contribution < 1.29 is 29.0 Å². The van der Waals surface area contributed by atoms with Gasteiger partial charge >= 0.3 is 12.2 Å².